The van der Waals surface area contributed by atoms with Gasteiger partial charge in [-0.05, 0) is 24.3 Å². The van der Waals surface area contributed by atoms with Gasteiger partial charge in [0.15, 0.2) is 0 Å². The first-order valence-electron chi connectivity index (χ1n) is 8.05. The summed E-state index contributed by atoms with van der Waals surface area (Å²) in [6, 6.07) is 13.4. The largest absolute Gasteiger partial charge is 0.398 e. The lowest BCUT2D eigenvalue weighted by Crippen LogP contribution is -2.44. The Bertz CT molecular complexity index is 858. The third-order valence-electron chi connectivity index (χ3n) is 3.78. The molecule has 3 rings (SSSR count). The number of fused-ring (bicyclic) bond motifs is 1. The van der Waals surface area contributed by atoms with Crippen molar-refractivity contribution in [2.45, 2.75) is 11.1 Å². The van der Waals surface area contributed by atoms with E-state index in [9.17, 15) is 22.8 Å². The normalized spacial score (nSPS) is 13.7. The average Bonchev–Trinajstić information content (AvgIpc) is 2.63. The summed E-state index contributed by atoms with van der Waals surface area (Å²) in [6.45, 7) is -0.257. The number of alkyl halides is 3. The molecular formula is C18H16F3N3O2S. The Balaban J connectivity index is 1.69. The second kappa shape index (κ2) is 7.91. The van der Waals surface area contributed by atoms with Crippen molar-refractivity contribution < 1.29 is 22.8 Å². The van der Waals surface area contributed by atoms with E-state index in [0.717, 1.165) is 0 Å². The maximum Gasteiger partial charge on any atom is 0.398 e. The second-order valence-electron chi connectivity index (χ2n) is 5.80. The summed E-state index contributed by atoms with van der Waals surface area (Å²) in [6.07, 6.45) is -4.28. The molecule has 0 bridgehead atoms. The Hall–Kier alpha value is -2.68. The maximum absolute atomic E-state index is 12.6. The van der Waals surface area contributed by atoms with Gasteiger partial charge in [0.05, 0.1) is 23.7 Å². The van der Waals surface area contributed by atoms with Gasteiger partial charge in [0.2, 0.25) is 11.8 Å². The molecule has 0 radical (unpaired) electrons. The fourth-order valence-corrected chi connectivity index (χ4v) is 3.41. The van der Waals surface area contributed by atoms with Gasteiger partial charge < -0.3 is 10.6 Å². The number of carbonyl (C=O) groups excluding carboxylic acids is 2. The standard InChI is InChI=1S/C18H16F3N3O2S/c19-18(20,21)11-27-15-8-4-2-6-13(15)22-9-17(26)24-10-16(25)23-12-5-1-3-7-14(12)24/h1-8,22H,9-11H2,(H,23,25). The molecule has 1 aliphatic heterocycles. The minimum Gasteiger partial charge on any atom is -0.375 e. The number of nitrogens with one attached hydrogen (secondary N) is 2. The van der Waals surface area contributed by atoms with Gasteiger partial charge in [0, 0.05) is 10.6 Å². The van der Waals surface area contributed by atoms with Crippen molar-refractivity contribution in [2.24, 2.45) is 0 Å². The van der Waals surface area contributed by atoms with Crippen molar-refractivity contribution in [1.29, 1.82) is 0 Å². The number of amides is 2. The van der Waals surface area contributed by atoms with E-state index in [1.807, 2.05) is 0 Å². The Morgan fingerprint density at radius 1 is 1.15 bits per heavy atom. The lowest BCUT2D eigenvalue weighted by molar-refractivity contribution is -0.120. The average molecular weight is 395 g/mol. The number of thioether (sulfide) groups is 1. The molecule has 2 amide bonds. The van der Waals surface area contributed by atoms with Crippen molar-refractivity contribution in [3.8, 4) is 0 Å². The van der Waals surface area contributed by atoms with E-state index < -0.39 is 11.9 Å². The van der Waals surface area contributed by atoms with Crippen LogP contribution in [-0.4, -0.2) is 36.8 Å². The van der Waals surface area contributed by atoms with E-state index in [1.54, 1.807) is 48.5 Å². The SMILES string of the molecule is O=C1CN(C(=O)CNc2ccccc2SCC(F)(F)F)c2ccccc2N1. The number of carbonyl (C=O) groups is 2. The zero-order valence-electron chi connectivity index (χ0n) is 14.0. The van der Waals surface area contributed by atoms with Crippen LogP contribution >= 0.6 is 11.8 Å². The molecule has 5 nitrogen and oxygen atoms in total. The summed E-state index contributed by atoms with van der Waals surface area (Å²) >= 11 is 0.654. The molecule has 0 spiro atoms. The van der Waals surface area contributed by atoms with Crippen molar-refractivity contribution >= 4 is 40.6 Å². The van der Waals surface area contributed by atoms with Crippen molar-refractivity contribution in [1.82, 2.24) is 0 Å². The lowest BCUT2D eigenvalue weighted by Gasteiger charge is -2.29. The fourth-order valence-electron chi connectivity index (χ4n) is 2.62. The Labute approximate surface area is 157 Å². The van der Waals surface area contributed by atoms with Crippen LogP contribution < -0.4 is 15.5 Å². The first-order valence-corrected chi connectivity index (χ1v) is 9.04. The molecule has 142 valence electrons. The molecule has 1 aliphatic rings. The van der Waals surface area contributed by atoms with Gasteiger partial charge in [-0.3, -0.25) is 14.5 Å². The molecule has 2 N–H and O–H groups in total. The number of benzene rings is 2. The van der Waals surface area contributed by atoms with E-state index in [-0.39, 0.29) is 24.9 Å². The van der Waals surface area contributed by atoms with Gasteiger partial charge in [0.1, 0.15) is 6.54 Å². The van der Waals surface area contributed by atoms with Crippen LogP contribution in [0.2, 0.25) is 0 Å². The zero-order valence-corrected chi connectivity index (χ0v) is 14.9. The van der Waals surface area contributed by atoms with Crippen LogP contribution in [0.15, 0.2) is 53.4 Å². The quantitative estimate of drug-likeness (QED) is 0.758. The molecule has 2 aromatic rings. The van der Waals surface area contributed by atoms with Gasteiger partial charge in [-0.2, -0.15) is 13.2 Å². The molecular weight excluding hydrogens is 379 g/mol. The number of hydrogen-bond donors (Lipinski definition) is 2. The first-order chi connectivity index (χ1) is 12.8. The van der Waals surface area contributed by atoms with E-state index >= 15 is 0 Å². The number of para-hydroxylation sites is 3. The Kier molecular flexibility index (Phi) is 5.59. The van der Waals surface area contributed by atoms with Gasteiger partial charge in [0.25, 0.3) is 0 Å². The third-order valence-corrected chi connectivity index (χ3v) is 4.92. The summed E-state index contributed by atoms with van der Waals surface area (Å²) < 4.78 is 37.4. The number of hydrogen-bond acceptors (Lipinski definition) is 4. The van der Waals surface area contributed by atoms with Gasteiger partial charge >= 0.3 is 6.18 Å². The molecule has 1 heterocycles. The monoisotopic (exact) mass is 395 g/mol. The molecule has 0 saturated heterocycles. The third kappa shape index (κ3) is 4.94. The zero-order chi connectivity index (χ0) is 19.4. The molecule has 0 unspecified atom stereocenters. The van der Waals surface area contributed by atoms with Crippen LogP contribution in [0.4, 0.5) is 30.2 Å². The van der Waals surface area contributed by atoms with Crippen LogP contribution in [0.5, 0.6) is 0 Å². The van der Waals surface area contributed by atoms with Crippen LogP contribution in [0.3, 0.4) is 0 Å². The lowest BCUT2D eigenvalue weighted by atomic mass is 10.2. The Morgan fingerprint density at radius 3 is 2.63 bits per heavy atom. The highest BCUT2D eigenvalue weighted by Gasteiger charge is 2.28. The minimum atomic E-state index is -4.28. The van der Waals surface area contributed by atoms with E-state index in [4.69, 9.17) is 0 Å². The minimum absolute atomic E-state index is 0.109. The van der Waals surface area contributed by atoms with Gasteiger partial charge in [-0.1, -0.05) is 24.3 Å². The molecule has 0 atom stereocenters. The van der Waals surface area contributed by atoms with Crippen LogP contribution in [-0.2, 0) is 9.59 Å². The smallest absolute Gasteiger partial charge is 0.375 e. The summed E-state index contributed by atoms with van der Waals surface area (Å²) in [4.78, 5) is 26.2. The summed E-state index contributed by atoms with van der Waals surface area (Å²) in [7, 11) is 0. The number of anilines is 3. The molecule has 0 saturated carbocycles. The second-order valence-corrected chi connectivity index (χ2v) is 6.82. The highest BCUT2D eigenvalue weighted by atomic mass is 32.2. The molecule has 0 fully saturated rings. The Morgan fingerprint density at radius 2 is 1.85 bits per heavy atom. The number of halogens is 3. The van der Waals surface area contributed by atoms with Gasteiger partial charge in [-0.25, -0.2) is 0 Å². The summed E-state index contributed by atoms with van der Waals surface area (Å²) in [5.74, 6) is -1.67. The molecule has 0 aromatic heterocycles. The van der Waals surface area contributed by atoms with Crippen LogP contribution in [0.1, 0.15) is 0 Å². The molecule has 9 heteroatoms. The highest BCUT2D eigenvalue weighted by Crippen LogP contribution is 2.32. The summed E-state index contributed by atoms with van der Waals surface area (Å²) in [5, 5.41) is 5.58. The molecule has 2 aromatic carbocycles. The van der Waals surface area contributed by atoms with E-state index in [1.165, 1.54) is 4.90 Å². The van der Waals surface area contributed by atoms with Crippen LogP contribution in [0.25, 0.3) is 0 Å². The number of rotatable bonds is 5. The van der Waals surface area contributed by atoms with Crippen molar-refractivity contribution in [3.05, 3.63) is 48.5 Å². The van der Waals surface area contributed by atoms with Gasteiger partial charge in [-0.15, -0.1) is 11.8 Å². The fraction of sp³-hybridized carbons (Fsp3) is 0.222. The predicted molar refractivity (Wildman–Crippen MR) is 99.1 cm³/mol. The van der Waals surface area contributed by atoms with Crippen LogP contribution in [0, 0.1) is 0 Å². The first kappa shape index (κ1) is 19.1. The highest BCUT2D eigenvalue weighted by molar-refractivity contribution is 7.99. The molecule has 0 aliphatic carbocycles. The van der Waals surface area contributed by atoms with Crippen molar-refractivity contribution in [2.75, 3.05) is 34.4 Å². The maximum atomic E-state index is 12.6. The topological polar surface area (TPSA) is 61.4 Å². The van der Waals surface area contributed by atoms with E-state index in [0.29, 0.717) is 33.7 Å². The van der Waals surface area contributed by atoms with E-state index in [2.05, 4.69) is 10.6 Å². The predicted octanol–water partition coefficient (Wildman–Crippen LogP) is 3.74. The molecule has 27 heavy (non-hydrogen) atoms. The van der Waals surface area contributed by atoms with Crippen molar-refractivity contribution in [3.63, 3.8) is 0 Å². The summed E-state index contributed by atoms with van der Waals surface area (Å²) in [5.41, 5.74) is 1.57. The number of nitrogens with zero attached hydrogens (tertiary/aromatic N) is 1.